The molecule has 14 rings (SSSR count). The van der Waals surface area contributed by atoms with Gasteiger partial charge in [-0.15, -0.1) is 33.2 Å². The van der Waals surface area contributed by atoms with Gasteiger partial charge in [-0.1, -0.05) is 112 Å². The fourth-order valence-corrected chi connectivity index (χ4v) is 14.2. The summed E-state index contributed by atoms with van der Waals surface area (Å²) in [4.78, 5) is 0. The fourth-order valence-electron chi connectivity index (χ4n) is 13.1. The monoisotopic (exact) mass is 939 g/mol. The molecular formula is C60H46B9N3S. The molecule has 13 heteroatoms. The van der Waals surface area contributed by atoms with Crippen LogP contribution in [0.1, 0.15) is 0 Å². The first-order valence-electron chi connectivity index (χ1n) is 25.7. The molecule has 0 radical (unpaired) electrons. The van der Waals surface area contributed by atoms with Crippen LogP contribution in [0.3, 0.4) is 0 Å². The summed E-state index contributed by atoms with van der Waals surface area (Å²) in [5.41, 5.74) is 28.6. The molecule has 4 heterocycles. The lowest BCUT2D eigenvalue weighted by Gasteiger charge is -2.27. The van der Waals surface area contributed by atoms with Crippen LogP contribution < -0.4 is 49.2 Å². The van der Waals surface area contributed by atoms with E-state index in [0.717, 1.165) is 11.4 Å². The summed E-state index contributed by atoms with van der Waals surface area (Å²) in [6.07, 6.45) is 0. The van der Waals surface area contributed by atoms with Crippen LogP contribution in [-0.4, -0.2) is 84.3 Å². The van der Waals surface area contributed by atoms with Gasteiger partial charge in [0, 0.05) is 63.9 Å². The molecule has 0 amide bonds. The van der Waals surface area contributed by atoms with Crippen molar-refractivity contribution in [2.24, 2.45) is 0 Å². The van der Waals surface area contributed by atoms with E-state index in [-0.39, 0.29) is 0 Å². The largest absolute Gasteiger partial charge is 0.309 e. The number of benzene rings is 10. The summed E-state index contributed by atoms with van der Waals surface area (Å²) in [5.74, 6) is 0. The molecule has 0 aliphatic carbocycles. The molecule has 334 valence electrons. The third kappa shape index (κ3) is 6.18. The van der Waals surface area contributed by atoms with E-state index in [4.69, 9.17) is 0 Å². The van der Waals surface area contributed by atoms with Crippen molar-refractivity contribution in [2.45, 2.75) is 0 Å². The Balaban J connectivity index is 0.953. The van der Waals surface area contributed by atoms with Crippen molar-refractivity contribution in [2.75, 3.05) is 0 Å². The maximum Gasteiger partial charge on any atom is 0.140 e. The molecule has 0 saturated carbocycles. The molecule has 0 saturated heterocycles. The van der Waals surface area contributed by atoms with Gasteiger partial charge >= 0.3 is 0 Å². The van der Waals surface area contributed by atoms with Gasteiger partial charge in [-0.25, -0.2) is 0 Å². The van der Waals surface area contributed by atoms with Crippen LogP contribution in [0.15, 0.2) is 170 Å². The normalized spacial score (nSPS) is 12.1. The van der Waals surface area contributed by atoms with Crippen molar-refractivity contribution in [3.05, 3.63) is 170 Å². The number of rotatable bonds is 5. The number of hydrogen-bond donors (Lipinski definition) is 0. The molecule has 73 heavy (non-hydrogen) atoms. The highest BCUT2D eigenvalue weighted by Crippen LogP contribution is 2.43. The zero-order valence-corrected chi connectivity index (χ0v) is 43.7. The lowest BCUT2D eigenvalue weighted by Crippen LogP contribution is -2.57. The second kappa shape index (κ2) is 16.2. The lowest BCUT2D eigenvalue weighted by molar-refractivity contribution is 1.16. The predicted molar refractivity (Wildman–Crippen MR) is 347 cm³/mol. The van der Waals surface area contributed by atoms with E-state index >= 15 is 0 Å². The minimum Gasteiger partial charge on any atom is -0.309 e. The van der Waals surface area contributed by atoms with Crippen molar-refractivity contribution < 1.29 is 0 Å². The van der Waals surface area contributed by atoms with E-state index in [1.165, 1.54) is 163 Å². The van der Waals surface area contributed by atoms with Crippen LogP contribution >= 0.6 is 11.3 Å². The number of thiophene rings is 1. The highest BCUT2D eigenvalue weighted by molar-refractivity contribution is 7.26. The van der Waals surface area contributed by atoms with Crippen LogP contribution in [0.25, 0.3) is 125 Å². The minimum absolute atomic E-state index is 1.15. The first kappa shape index (κ1) is 44.1. The van der Waals surface area contributed by atoms with E-state index in [1.54, 1.807) is 0 Å². The molecule has 0 spiro atoms. The van der Waals surface area contributed by atoms with Crippen molar-refractivity contribution >= 4 is 217 Å². The summed E-state index contributed by atoms with van der Waals surface area (Å²) in [7, 11) is 20.9. The first-order chi connectivity index (χ1) is 35.5. The molecule has 0 atom stereocenters. The van der Waals surface area contributed by atoms with E-state index in [1.807, 2.05) is 11.3 Å². The Morgan fingerprint density at radius 2 is 0.685 bits per heavy atom. The molecule has 0 aliphatic rings. The Hall–Kier alpha value is -7.60. The second-order valence-corrected chi connectivity index (χ2v) is 21.8. The Labute approximate surface area is 436 Å². The summed E-state index contributed by atoms with van der Waals surface area (Å²) >= 11 is 1.90. The molecular weight excluding hydrogens is 892 g/mol. The van der Waals surface area contributed by atoms with Crippen molar-refractivity contribution in [3.63, 3.8) is 0 Å². The smallest absolute Gasteiger partial charge is 0.140 e. The maximum absolute atomic E-state index is 2.53. The molecule has 4 aromatic heterocycles. The van der Waals surface area contributed by atoms with Gasteiger partial charge in [-0.2, -0.15) is 0 Å². The number of hydrogen-bond acceptors (Lipinski definition) is 1. The number of para-hydroxylation sites is 4. The number of fused-ring (bicyclic) bond motifs is 12. The minimum atomic E-state index is 1.15. The molecule has 0 N–H and O–H groups in total. The zero-order valence-electron chi connectivity index (χ0n) is 42.9. The molecule has 10 aromatic carbocycles. The standard InChI is InChI=1S/C60H46B9N3S/c61-52-48(53(62)57(66)54(63)50(52)51-55(64)58(67)60(69)59(68)56(51)65)29-20-25-46-38(26-29)49-45(18-9-19-47(49)73-46)72-42-17-8-4-13-35(42)37-28-31(22-24-44(37)72)71-41-16-7-3-12-34(41)36-27-30(21-23-43(36)71)70-39-14-5-1-10-32(39)33-11-2-6-15-40(33)70/h1-28H,61-69H2. The van der Waals surface area contributed by atoms with Crippen LogP contribution in [-0.2, 0) is 0 Å². The molecule has 0 unspecified atom stereocenters. The fraction of sp³-hybridized carbons (Fsp3) is 0. The second-order valence-electron chi connectivity index (χ2n) is 20.7. The first-order valence-corrected chi connectivity index (χ1v) is 26.5. The maximum atomic E-state index is 2.53. The molecule has 14 aromatic rings. The van der Waals surface area contributed by atoms with Crippen molar-refractivity contribution in [3.8, 4) is 39.3 Å². The topological polar surface area (TPSA) is 14.8 Å². The lowest BCUT2D eigenvalue weighted by atomic mass is 9.56. The summed E-state index contributed by atoms with van der Waals surface area (Å²) < 4.78 is 10.0. The van der Waals surface area contributed by atoms with Gasteiger partial charge in [0.25, 0.3) is 0 Å². The van der Waals surface area contributed by atoms with Crippen LogP contribution in [0.5, 0.6) is 0 Å². The van der Waals surface area contributed by atoms with E-state index in [0.29, 0.717) is 0 Å². The summed E-state index contributed by atoms with van der Waals surface area (Å²) in [5, 5.41) is 10.1. The van der Waals surface area contributed by atoms with Gasteiger partial charge in [0.1, 0.15) is 70.6 Å². The van der Waals surface area contributed by atoms with Gasteiger partial charge in [0.05, 0.1) is 38.8 Å². The Morgan fingerprint density at radius 1 is 0.274 bits per heavy atom. The summed E-state index contributed by atoms with van der Waals surface area (Å²) in [6.45, 7) is 0. The quantitative estimate of drug-likeness (QED) is 0.230. The highest BCUT2D eigenvalue weighted by Gasteiger charge is 2.24. The van der Waals surface area contributed by atoms with E-state index in [9.17, 15) is 0 Å². The van der Waals surface area contributed by atoms with Crippen LogP contribution in [0, 0.1) is 0 Å². The Bertz CT molecular complexity index is 4670. The molecule has 0 bridgehead atoms. The average molecular weight is 938 g/mol. The van der Waals surface area contributed by atoms with Crippen molar-refractivity contribution in [1.29, 1.82) is 0 Å². The van der Waals surface area contributed by atoms with Gasteiger partial charge in [0.15, 0.2) is 0 Å². The van der Waals surface area contributed by atoms with Gasteiger partial charge in [0.2, 0.25) is 0 Å². The SMILES string of the molecule is Bc1c(B)c(B)c(-c2c(B)c(B)c(B)c(-c3ccc4sc5cccc(-n6c7ccccc7c7cc(-n8c9ccccc9c9cc(-n%10c%11ccccc%11c%11ccccc%11%10)ccc98)ccc76)c5c4c3)c2B)c(B)c1B. The molecule has 0 aliphatic heterocycles. The third-order valence-electron chi connectivity index (χ3n) is 17.3. The molecule has 3 nitrogen and oxygen atoms in total. The zero-order chi connectivity index (χ0) is 49.7. The van der Waals surface area contributed by atoms with Crippen LogP contribution in [0.4, 0.5) is 0 Å². The number of nitrogens with zero attached hydrogens (tertiary/aromatic N) is 3. The van der Waals surface area contributed by atoms with Gasteiger partial charge < -0.3 is 13.7 Å². The predicted octanol–water partition coefficient (Wildman–Crippen LogP) is 1.01. The third-order valence-corrected chi connectivity index (χ3v) is 18.4. The highest BCUT2D eigenvalue weighted by atomic mass is 32.1. The van der Waals surface area contributed by atoms with Crippen molar-refractivity contribution in [1.82, 2.24) is 13.7 Å². The van der Waals surface area contributed by atoms with Crippen LogP contribution in [0.2, 0.25) is 0 Å². The number of aromatic nitrogens is 3. The van der Waals surface area contributed by atoms with Gasteiger partial charge in [-0.3, -0.25) is 0 Å². The molecule has 0 fully saturated rings. The summed E-state index contributed by atoms with van der Waals surface area (Å²) in [6, 6.07) is 63.7. The Morgan fingerprint density at radius 3 is 1.22 bits per heavy atom. The average Bonchev–Trinajstić information content (AvgIpc) is 4.16. The Kier molecular flexibility index (Phi) is 9.80. The van der Waals surface area contributed by atoms with E-state index < -0.39 is 0 Å². The van der Waals surface area contributed by atoms with Gasteiger partial charge in [-0.05, 0) is 107 Å². The van der Waals surface area contributed by atoms with E-state index in [2.05, 4.69) is 254 Å².